The zero-order valence-electron chi connectivity index (χ0n) is 12.5. The first-order chi connectivity index (χ1) is 11.1. The van der Waals surface area contributed by atoms with Gasteiger partial charge in [0.2, 0.25) is 0 Å². The summed E-state index contributed by atoms with van der Waals surface area (Å²) in [6.45, 7) is 2.06. The number of pyridine rings is 1. The number of hydrogen-bond acceptors (Lipinski definition) is 5. The number of anilines is 1. The minimum atomic E-state index is -0.389. The Morgan fingerprint density at radius 3 is 2.83 bits per heavy atom. The lowest BCUT2D eigenvalue weighted by molar-refractivity contribution is 0.0527. The van der Waals surface area contributed by atoms with E-state index >= 15 is 0 Å². The number of aromatic nitrogens is 1. The number of carbonyl (C=O) groups excluding carboxylic acids is 2. The van der Waals surface area contributed by atoms with Crippen LogP contribution in [0.2, 0.25) is 5.15 Å². The van der Waals surface area contributed by atoms with Crippen molar-refractivity contribution in [2.45, 2.75) is 25.7 Å². The fraction of sp³-hybridized carbons (Fsp3) is 0.312. The van der Waals surface area contributed by atoms with Crippen LogP contribution in [0.3, 0.4) is 0 Å². The molecule has 1 amide bonds. The van der Waals surface area contributed by atoms with Gasteiger partial charge in [-0.15, -0.1) is 11.3 Å². The maximum atomic E-state index is 12.3. The normalized spacial score (nSPS) is 13.7. The van der Waals surface area contributed by atoms with E-state index in [0.29, 0.717) is 33.8 Å². The van der Waals surface area contributed by atoms with Crippen molar-refractivity contribution in [3.05, 3.63) is 45.6 Å². The lowest BCUT2D eigenvalue weighted by atomic mass is 10.1. The second kappa shape index (κ2) is 6.68. The summed E-state index contributed by atoms with van der Waals surface area (Å²) in [6.07, 6.45) is 3.53. The van der Waals surface area contributed by atoms with Crippen LogP contribution >= 0.6 is 22.9 Å². The molecule has 1 fully saturated rings. The van der Waals surface area contributed by atoms with Gasteiger partial charge in [0.15, 0.2) is 0 Å². The number of esters is 1. The van der Waals surface area contributed by atoms with E-state index in [-0.39, 0.29) is 11.9 Å². The van der Waals surface area contributed by atoms with E-state index in [9.17, 15) is 9.59 Å². The van der Waals surface area contributed by atoms with Crippen molar-refractivity contribution in [2.75, 3.05) is 11.9 Å². The van der Waals surface area contributed by atoms with Crippen LogP contribution in [0.25, 0.3) is 0 Å². The molecule has 0 unspecified atom stereocenters. The predicted octanol–water partition coefficient (Wildman–Crippen LogP) is 4.10. The molecule has 2 aromatic rings. The molecule has 1 aliphatic rings. The topological polar surface area (TPSA) is 68.3 Å². The van der Waals surface area contributed by atoms with Gasteiger partial charge in [-0.25, -0.2) is 9.78 Å². The van der Waals surface area contributed by atoms with Crippen LogP contribution in [0.1, 0.15) is 52.0 Å². The summed E-state index contributed by atoms with van der Waals surface area (Å²) in [6, 6.07) is 3.14. The maximum Gasteiger partial charge on any atom is 0.341 e. The number of nitrogens with zero attached hydrogens (tertiary/aromatic N) is 1. The van der Waals surface area contributed by atoms with Gasteiger partial charge in [0, 0.05) is 6.20 Å². The van der Waals surface area contributed by atoms with Crippen molar-refractivity contribution in [2.24, 2.45) is 0 Å². The second-order valence-electron chi connectivity index (χ2n) is 5.21. The molecule has 1 aliphatic carbocycles. The Morgan fingerprint density at radius 2 is 2.22 bits per heavy atom. The molecule has 0 spiro atoms. The monoisotopic (exact) mass is 350 g/mol. The number of halogens is 1. The molecule has 7 heteroatoms. The lowest BCUT2D eigenvalue weighted by Gasteiger charge is -2.08. The molecule has 1 saturated carbocycles. The van der Waals surface area contributed by atoms with Gasteiger partial charge in [-0.1, -0.05) is 11.6 Å². The fourth-order valence-electron chi connectivity index (χ4n) is 2.26. The highest BCUT2D eigenvalue weighted by Gasteiger charge is 2.32. The van der Waals surface area contributed by atoms with Gasteiger partial charge in [0.05, 0.1) is 17.7 Å². The molecule has 1 N–H and O–H groups in total. The quantitative estimate of drug-likeness (QED) is 0.651. The Hall–Kier alpha value is -1.92. The first-order valence-electron chi connectivity index (χ1n) is 7.31. The molecule has 0 bridgehead atoms. The van der Waals surface area contributed by atoms with Crippen molar-refractivity contribution in [3.8, 4) is 0 Å². The molecule has 0 saturated heterocycles. The molecule has 120 valence electrons. The smallest absolute Gasteiger partial charge is 0.341 e. The standard InChI is InChI=1S/C16H15ClN2O3S/c1-2-22-16(21)13-11(9-3-4-9)8-23-15(13)19-14(20)10-5-6-12(17)18-7-10/h5-9H,2-4H2,1H3,(H,19,20). The van der Waals surface area contributed by atoms with Gasteiger partial charge in [-0.3, -0.25) is 4.79 Å². The van der Waals surface area contributed by atoms with Crippen LogP contribution < -0.4 is 5.32 Å². The maximum absolute atomic E-state index is 12.3. The van der Waals surface area contributed by atoms with Crippen molar-refractivity contribution in [3.63, 3.8) is 0 Å². The van der Waals surface area contributed by atoms with Crippen LogP contribution in [0.5, 0.6) is 0 Å². The van der Waals surface area contributed by atoms with E-state index < -0.39 is 0 Å². The molecular weight excluding hydrogens is 336 g/mol. The minimum Gasteiger partial charge on any atom is -0.462 e. The molecule has 5 nitrogen and oxygen atoms in total. The predicted molar refractivity (Wildman–Crippen MR) is 89.5 cm³/mol. The Labute approximate surface area is 142 Å². The Morgan fingerprint density at radius 1 is 1.43 bits per heavy atom. The summed E-state index contributed by atoms with van der Waals surface area (Å²) in [7, 11) is 0. The van der Waals surface area contributed by atoms with Crippen molar-refractivity contribution in [1.29, 1.82) is 0 Å². The van der Waals surface area contributed by atoms with Crippen molar-refractivity contribution in [1.82, 2.24) is 4.98 Å². The number of nitrogens with one attached hydrogen (secondary N) is 1. The summed E-state index contributed by atoms with van der Waals surface area (Å²) >= 11 is 7.07. The zero-order valence-corrected chi connectivity index (χ0v) is 14.0. The highest BCUT2D eigenvalue weighted by molar-refractivity contribution is 7.15. The summed E-state index contributed by atoms with van der Waals surface area (Å²) in [5, 5.41) is 5.55. The SMILES string of the molecule is CCOC(=O)c1c(C2CC2)csc1NC(=O)c1ccc(Cl)nc1. The first-order valence-corrected chi connectivity index (χ1v) is 8.57. The number of rotatable bonds is 5. The molecular formula is C16H15ClN2O3S. The molecule has 0 aliphatic heterocycles. The van der Waals surface area contributed by atoms with Crippen molar-refractivity contribution < 1.29 is 14.3 Å². The number of carbonyl (C=O) groups is 2. The summed E-state index contributed by atoms with van der Waals surface area (Å²) in [5.74, 6) is -0.322. The number of amides is 1. The Kier molecular flexibility index (Phi) is 4.63. The van der Waals surface area contributed by atoms with Gasteiger partial charge < -0.3 is 10.1 Å². The van der Waals surface area contributed by atoms with Gasteiger partial charge in [0.1, 0.15) is 10.2 Å². The molecule has 2 aromatic heterocycles. The van der Waals surface area contributed by atoms with Gasteiger partial charge in [-0.05, 0) is 48.8 Å². The van der Waals surface area contributed by atoms with E-state index in [1.807, 2.05) is 5.38 Å². The average molecular weight is 351 g/mol. The third-order valence-corrected chi connectivity index (χ3v) is 4.67. The van der Waals surface area contributed by atoms with E-state index in [2.05, 4.69) is 10.3 Å². The Bertz CT molecular complexity index is 738. The summed E-state index contributed by atoms with van der Waals surface area (Å²) < 4.78 is 5.14. The molecule has 0 atom stereocenters. The van der Waals surface area contributed by atoms with E-state index in [1.54, 1.807) is 19.1 Å². The van der Waals surface area contributed by atoms with Gasteiger partial charge >= 0.3 is 5.97 Å². The van der Waals surface area contributed by atoms with Gasteiger partial charge in [0.25, 0.3) is 5.91 Å². The number of ether oxygens (including phenoxy) is 1. The third kappa shape index (κ3) is 3.54. The molecule has 23 heavy (non-hydrogen) atoms. The zero-order chi connectivity index (χ0) is 16.4. The van der Waals surface area contributed by atoms with Gasteiger partial charge in [-0.2, -0.15) is 0 Å². The summed E-state index contributed by atoms with van der Waals surface area (Å²) in [5.41, 5.74) is 1.83. The van der Waals surface area contributed by atoms with Crippen LogP contribution in [0.4, 0.5) is 5.00 Å². The average Bonchev–Trinajstić information content (AvgIpc) is 3.29. The van der Waals surface area contributed by atoms with E-state index in [0.717, 1.165) is 18.4 Å². The number of hydrogen-bond donors (Lipinski definition) is 1. The van der Waals surface area contributed by atoms with E-state index in [4.69, 9.17) is 16.3 Å². The van der Waals surface area contributed by atoms with Crippen LogP contribution in [-0.2, 0) is 4.74 Å². The Balaban J connectivity index is 1.85. The second-order valence-corrected chi connectivity index (χ2v) is 6.48. The lowest BCUT2D eigenvalue weighted by Crippen LogP contribution is -2.15. The minimum absolute atomic E-state index is 0.299. The largest absolute Gasteiger partial charge is 0.462 e. The molecule has 0 aromatic carbocycles. The highest BCUT2D eigenvalue weighted by Crippen LogP contribution is 2.46. The third-order valence-electron chi connectivity index (χ3n) is 3.53. The fourth-order valence-corrected chi connectivity index (χ4v) is 3.39. The van der Waals surface area contributed by atoms with Crippen LogP contribution in [0, 0.1) is 0 Å². The molecule has 3 rings (SSSR count). The van der Waals surface area contributed by atoms with Crippen LogP contribution in [0.15, 0.2) is 23.7 Å². The van der Waals surface area contributed by atoms with Crippen molar-refractivity contribution >= 4 is 39.8 Å². The highest BCUT2D eigenvalue weighted by atomic mass is 35.5. The molecule has 0 radical (unpaired) electrons. The number of thiophene rings is 1. The molecule has 2 heterocycles. The van der Waals surface area contributed by atoms with E-state index in [1.165, 1.54) is 17.5 Å². The van der Waals surface area contributed by atoms with Crippen LogP contribution in [-0.4, -0.2) is 23.5 Å². The first kappa shape index (κ1) is 16.0. The summed E-state index contributed by atoms with van der Waals surface area (Å²) in [4.78, 5) is 28.4.